The SMILES string of the molecule is CC(CS(C)=O)n1c(CCCl)nc2cccnc21. The van der Waals surface area contributed by atoms with Gasteiger partial charge in [-0.05, 0) is 19.1 Å². The molecular weight excluding hydrogens is 270 g/mol. The Morgan fingerprint density at radius 2 is 2.33 bits per heavy atom. The van der Waals surface area contributed by atoms with Gasteiger partial charge in [0.1, 0.15) is 11.3 Å². The summed E-state index contributed by atoms with van der Waals surface area (Å²) in [5.74, 6) is 2.03. The van der Waals surface area contributed by atoms with Gasteiger partial charge >= 0.3 is 0 Å². The molecule has 2 aromatic heterocycles. The Kier molecular flexibility index (Phi) is 4.35. The van der Waals surface area contributed by atoms with Crippen molar-refractivity contribution in [2.24, 2.45) is 0 Å². The first-order chi connectivity index (χ1) is 8.63. The zero-order chi connectivity index (χ0) is 13.1. The maximum absolute atomic E-state index is 11.4. The van der Waals surface area contributed by atoms with Crippen molar-refractivity contribution in [2.45, 2.75) is 19.4 Å². The van der Waals surface area contributed by atoms with Gasteiger partial charge in [-0.15, -0.1) is 11.6 Å². The van der Waals surface area contributed by atoms with Crippen LogP contribution in [0.2, 0.25) is 0 Å². The van der Waals surface area contributed by atoms with Gasteiger partial charge in [0.2, 0.25) is 0 Å². The number of imidazole rings is 1. The predicted octanol–water partition coefficient (Wildman–Crippen LogP) is 2.15. The van der Waals surface area contributed by atoms with Gasteiger partial charge in [0.25, 0.3) is 0 Å². The van der Waals surface area contributed by atoms with Crippen LogP contribution in [0.4, 0.5) is 0 Å². The lowest BCUT2D eigenvalue weighted by molar-refractivity contribution is 0.583. The van der Waals surface area contributed by atoms with Gasteiger partial charge in [0, 0.05) is 47.3 Å². The number of hydrogen-bond donors (Lipinski definition) is 0. The minimum absolute atomic E-state index is 0.106. The van der Waals surface area contributed by atoms with E-state index in [1.807, 2.05) is 19.1 Å². The highest BCUT2D eigenvalue weighted by molar-refractivity contribution is 7.84. The highest BCUT2D eigenvalue weighted by Crippen LogP contribution is 2.20. The van der Waals surface area contributed by atoms with Crippen LogP contribution in [-0.2, 0) is 17.2 Å². The molecule has 2 atom stereocenters. The Morgan fingerprint density at radius 1 is 1.56 bits per heavy atom. The van der Waals surface area contributed by atoms with Gasteiger partial charge in [0.15, 0.2) is 5.65 Å². The van der Waals surface area contributed by atoms with Gasteiger partial charge in [-0.2, -0.15) is 0 Å². The molecule has 0 amide bonds. The molecule has 2 aromatic rings. The van der Waals surface area contributed by atoms with Crippen LogP contribution in [0.15, 0.2) is 18.3 Å². The summed E-state index contributed by atoms with van der Waals surface area (Å²) in [5.41, 5.74) is 1.71. The van der Waals surface area contributed by atoms with Crippen LogP contribution in [0, 0.1) is 0 Å². The van der Waals surface area contributed by atoms with E-state index >= 15 is 0 Å². The number of aromatic nitrogens is 3. The second-order valence-corrected chi connectivity index (χ2v) is 6.13. The van der Waals surface area contributed by atoms with Crippen molar-refractivity contribution in [2.75, 3.05) is 17.9 Å². The number of nitrogens with zero attached hydrogens (tertiary/aromatic N) is 3. The largest absolute Gasteiger partial charge is 0.309 e. The molecule has 18 heavy (non-hydrogen) atoms. The minimum Gasteiger partial charge on any atom is -0.309 e. The van der Waals surface area contributed by atoms with Crippen molar-refractivity contribution in [1.82, 2.24) is 14.5 Å². The van der Waals surface area contributed by atoms with E-state index in [9.17, 15) is 4.21 Å². The van der Waals surface area contributed by atoms with Gasteiger partial charge in [-0.1, -0.05) is 0 Å². The van der Waals surface area contributed by atoms with Crippen molar-refractivity contribution in [3.05, 3.63) is 24.2 Å². The summed E-state index contributed by atoms with van der Waals surface area (Å²) in [6, 6.07) is 3.91. The Balaban J connectivity index is 2.50. The van der Waals surface area contributed by atoms with Crippen molar-refractivity contribution in [3.63, 3.8) is 0 Å². The summed E-state index contributed by atoms with van der Waals surface area (Å²) < 4.78 is 13.4. The molecule has 4 nitrogen and oxygen atoms in total. The maximum atomic E-state index is 11.4. The third-order valence-corrected chi connectivity index (χ3v) is 3.90. The number of aryl methyl sites for hydroxylation is 1. The Labute approximate surface area is 114 Å². The predicted molar refractivity (Wildman–Crippen MR) is 75.6 cm³/mol. The summed E-state index contributed by atoms with van der Waals surface area (Å²) in [6.07, 6.45) is 4.16. The fourth-order valence-electron chi connectivity index (χ4n) is 2.11. The lowest BCUT2D eigenvalue weighted by Crippen LogP contribution is -2.16. The van der Waals surface area contributed by atoms with Crippen LogP contribution in [0.25, 0.3) is 11.2 Å². The monoisotopic (exact) mass is 285 g/mol. The molecule has 0 fully saturated rings. The van der Waals surface area contributed by atoms with Crippen molar-refractivity contribution in [1.29, 1.82) is 0 Å². The van der Waals surface area contributed by atoms with Crippen LogP contribution in [0.3, 0.4) is 0 Å². The highest BCUT2D eigenvalue weighted by Gasteiger charge is 2.17. The molecule has 2 heterocycles. The standard InChI is InChI=1S/C12H16ClN3OS/c1-9(8-18(2)17)16-11(5-6-13)15-10-4-3-7-14-12(10)16/h3-4,7,9H,5-6,8H2,1-2H3. The quantitative estimate of drug-likeness (QED) is 0.791. The second-order valence-electron chi connectivity index (χ2n) is 4.27. The van der Waals surface area contributed by atoms with E-state index in [4.69, 9.17) is 11.6 Å². The van der Waals surface area contributed by atoms with E-state index in [1.54, 1.807) is 12.5 Å². The number of rotatable bonds is 5. The molecule has 2 rings (SSSR count). The van der Waals surface area contributed by atoms with E-state index in [1.165, 1.54) is 0 Å². The first kappa shape index (κ1) is 13.5. The molecule has 2 unspecified atom stereocenters. The Bertz CT molecular complexity index is 569. The van der Waals surface area contributed by atoms with Crippen LogP contribution in [-0.4, -0.2) is 36.6 Å². The van der Waals surface area contributed by atoms with E-state index in [2.05, 4.69) is 14.5 Å². The van der Waals surface area contributed by atoms with E-state index < -0.39 is 10.8 Å². The molecule has 98 valence electrons. The molecule has 0 spiro atoms. The Hall–Kier alpha value is -0.940. The van der Waals surface area contributed by atoms with Crippen LogP contribution in [0.5, 0.6) is 0 Å². The van der Waals surface area contributed by atoms with Crippen LogP contribution >= 0.6 is 11.6 Å². The molecule has 0 saturated heterocycles. The molecule has 0 N–H and O–H groups in total. The van der Waals surface area contributed by atoms with Gasteiger partial charge in [-0.3, -0.25) is 4.21 Å². The highest BCUT2D eigenvalue weighted by atomic mass is 35.5. The minimum atomic E-state index is -0.845. The average molecular weight is 286 g/mol. The molecule has 0 bridgehead atoms. The average Bonchev–Trinajstić information content (AvgIpc) is 2.66. The summed E-state index contributed by atoms with van der Waals surface area (Å²) in [4.78, 5) is 8.92. The molecule has 0 aliphatic rings. The third kappa shape index (κ3) is 2.72. The van der Waals surface area contributed by atoms with E-state index in [0.29, 0.717) is 18.1 Å². The van der Waals surface area contributed by atoms with Crippen molar-refractivity contribution in [3.8, 4) is 0 Å². The lowest BCUT2D eigenvalue weighted by atomic mass is 10.3. The maximum Gasteiger partial charge on any atom is 0.160 e. The lowest BCUT2D eigenvalue weighted by Gasteiger charge is -2.15. The van der Waals surface area contributed by atoms with Crippen LogP contribution in [0.1, 0.15) is 18.8 Å². The zero-order valence-electron chi connectivity index (χ0n) is 10.5. The number of pyridine rings is 1. The van der Waals surface area contributed by atoms with Gasteiger partial charge < -0.3 is 4.57 Å². The normalized spacial score (nSPS) is 14.8. The van der Waals surface area contributed by atoms with E-state index in [-0.39, 0.29) is 6.04 Å². The fourth-order valence-corrected chi connectivity index (χ4v) is 3.11. The topological polar surface area (TPSA) is 47.8 Å². The first-order valence-corrected chi connectivity index (χ1v) is 8.07. The van der Waals surface area contributed by atoms with Gasteiger partial charge in [-0.25, -0.2) is 9.97 Å². The molecular formula is C12H16ClN3OS. The summed E-state index contributed by atoms with van der Waals surface area (Å²) >= 11 is 5.81. The Morgan fingerprint density at radius 3 is 3.00 bits per heavy atom. The summed E-state index contributed by atoms with van der Waals surface area (Å²) in [7, 11) is -0.845. The zero-order valence-corrected chi connectivity index (χ0v) is 12.0. The molecule has 0 aliphatic carbocycles. The smallest absolute Gasteiger partial charge is 0.160 e. The molecule has 0 saturated carbocycles. The molecule has 0 radical (unpaired) electrons. The number of halogens is 1. The number of alkyl halides is 1. The van der Waals surface area contributed by atoms with Crippen molar-refractivity contribution < 1.29 is 4.21 Å². The summed E-state index contributed by atoms with van der Waals surface area (Å²) in [5, 5.41) is 0. The number of fused-ring (bicyclic) bond motifs is 1. The third-order valence-electron chi connectivity index (χ3n) is 2.76. The van der Waals surface area contributed by atoms with Crippen LogP contribution < -0.4 is 0 Å². The second kappa shape index (κ2) is 5.80. The first-order valence-electron chi connectivity index (χ1n) is 5.81. The van der Waals surface area contributed by atoms with Crippen molar-refractivity contribution >= 4 is 33.6 Å². The number of hydrogen-bond acceptors (Lipinski definition) is 3. The summed E-state index contributed by atoms with van der Waals surface area (Å²) in [6.45, 7) is 2.04. The van der Waals surface area contributed by atoms with Gasteiger partial charge in [0.05, 0.1) is 0 Å². The molecule has 0 aromatic carbocycles. The molecule has 0 aliphatic heterocycles. The molecule has 6 heteroatoms. The van der Waals surface area contributed by atoms with E-state index in [0.717, 1.165) is 17.0 Å². The fraction of sp³-hybridized carbons (Fsp3) is 0.500.